The maximum absolute atomic E-state index is 12.3. The van der Waals surface area contributed by atoms with E-state index in [4.69, 9.17) is 5.73 Å². The molecule has 1 aliphatic carbocycles. The predicted molar refractivity (Wildman–Crippen MR) is 82.8 cm³/mol. The van der Waals surface area contributed by atoms with Crippen LogP contribution in [0.5, 0.6) is 0 Å². The molecule has 3 N–H and O–H groups in total. The monoisotopic (exact) mass is 289 g/mol. The third-order valence-corrected chi connectivity index (χ3v) is 4.94. The molecule has 0 saturated heterocycles. The van der Waals surface area contributed by atoms with Gasteiger partial charge < -0.3 is 11.1 Å². The first-order valence-electron chi connectivity index (χ1n) is 7.10. The van der Waals surface area contributed by atoms with E-state index in [2.05, 4.69) is 10.3 Å². The van der Waals surface area contributed by atoms with Gasteiger partial charge in [-0.2, -0.15) is 0 Å². The van der Waals surface area contributed by atoms with Crippen LogP contribution < -0.4 is 11.1 Å². The molecule has 0 unspecified atom stereocenters. The zero-order chi connectivity index (χ0) is 13.9. The minimum atomic E-state index is 0.134. The zero-order valence-corrected chi connectivity index (χ0v) is 12.2. The molecule has 1 amide bonds. The number of benzene rings is 1. The Morgan fingerprint density at radius 3 is 2.90 bits per heavy atom. The fraction of sp³-hybridized carbons (Fsp3) is 0.467. The van der Waals surface area contributed by atoms with Gasteiger partial charge in [0.15, 0.2) is 0 Å². The Labute approximate surface area is 122 Å². The van der Waals surface area contributed by atoms with Crippen LogP contribution in [-0.4, -0.2) is 17.4 Å². The minimum Gasteiger partial charge on any atom is -0.330 e. The van der Waals surface area contributed by atoms with Crippen LogP contribution in [0, 0.1) is 11.8 Å². The molecule has 1 aromatic carbocycles. The summed E-state index contributed by atoms with van der Waals surface area (Å²) < 4.78 is 1.11. The number of carbonyl (C=O) groups excluding carboxylic acids is 1. The summed E-state index contributed by atoms with van der Waals surface area (Å²) in [6, 6.07) is 5.87. The van der Waals surface area contributed by atoms with Crippen molar-refractivity contribution >= 4 is 33.1 Å². The fourth-order valence-electron chi connectivity index (χ4n) is 2.84. The van der Waals surface area contributed by atoms with Gasteiger partial charge in [0.2, 0.25) is 5.91 Å². The van der Waals surface area contributed by atoms with Gasteiger partial charge in [0, 0.05) is 11.6 Å². The van der Waals surface area contributed by atoms with E-state index in [0.717, 1.165) is 48.1 Å². The van der Waals surface area contributed by atoms with Gasteiger partial charge in [-0.05, 0) is 56.3 Å². The topological polar surface area (TPSA) is 68.0 Å². The number of thiazole rings is 1. The van der Waals surface area contributed by atoms with Crippen molar-refractivity contribution in [1.29, 1.82) is 0 Å². The van der Waals surface area contributed by atoms with Crippen molar-refractivity contribution < 1.29 is 4.79 Å². The summed E-state index contributed by atoms with van der Waals surface area (Å²) >= 11 is 1.59. The van der Waals surface area contributed by atoms with Gasteiger partial charge in [-0.3, -0.25) is 4.79 Å². The van der Waals surface area contributed by atoms with Crippen LogP contribution in [0.2, 0.25) is 0 Å². The third kappa shape index (κ3) is 2.83. The molecule has 0 aliphatic heterocycles. The van der Waals surface area contributed by atoms with E-state index in [1.54, 1.807) is 11.3 Å². The molecule has 4 nitrogen and oxygen atoms in total. The lowest BCUT2D eigenvalue weighted by Crippen LogP contribution is -2.29. The molecule has 0 atom stereocenters. The van der Waals surface area contributed by atoms with E-state index >= 15 is 0 Å². The van der Waals surface area contributed by atoms with E-state index < -0.39 is 0 Å². The number of carbonyl (C=O) groups is 1. The minimum absolute atomic E-state index is 0.134. The van der Waals surface area contributed by atoms with Gasteiger partial charge >= 0.3 is 0 Å². The number of hydrogen-bond acceptors (Lipinski definition) is 4. The highest BCUT2D eigenvalue weighted by atomic mass is 32.1. The average Bonchev–Trinajstić information content (AvgIpc) is 2.95. The molecule has 3 rings (SSSR count). The number of amides is 1. The van der Waals surface area contributed by atoms with E-state index in [-0.39, 0.29) is 11.8 Å². The van der Waals surface area contributed by atoms with Crippen molar-refractivity contribution in [3.05, 3.63) is 23.7 Å². The zero-order valence-electron chi connectivity index (χ0n) is 11.3. The van der Waals surface area contributed by atoms with Crippen LogP contribution in [0.3, 0.4) is 0 Å². The molecule has 106 valence electrons. The van der Waals surface area contributed by atoms with E-state index in [0.29, 0.717) is 5.92 Å². The Morgan fingerprint density at radius 2 is 2.15 bits per heavy atom. The second-order valence-corrected chi connectivity index (χ2v) is 6.36. The molecular formula is C15H19N3OS. The first kappa shape index (κ1) is 13.5. The van der Waals surface area contributed by atoms with Gasteiger partial charge in [0.1, 0.15) is 0 Å². The highest BCUT2D eigenvalue weighted by molar-refractivity contribution is 7.16. The second-order valence-electron chi connectivity index (χ2n) is 5.48. The third-order valence-electron chi connectivity index (χ3n) is 4.15. The number of nitrogens with one attached hydrogen (secondary N) is 1. The largest absolute Gasteiger partial charge is 0.330 e. The summed E-state index contributed by atoms with van der Waals surface area (Å²) in [7, 11) is 0. The first-order valence-corrected chi connectivity index (χ1v) is 7.98. The number of anilines is 1. The number of nitrogens with zero attached hydrogens (tertiary/aromatic N) is 1. The summed E-state index contributed by atoms with van der Waals surface area (Å²) in [6.07, 6.45) is 4.05. The van der Waals surface area contributed by atoms with Crippen LogP contribution in [0.25, 0.3) is 10.2 Å². The molecule has 1 saturated carbocycles. The number of rotatable bonds is 3. The Balaban J connectivity index is 1.63. The standard InChI is InChI=1S/C15H19N3OS/c16-8-10-1-3-11(4-2-10)15(19)18-12-5-6-13-14(7-12)20-9-17-13/h5-7,9-11H,1-4,8,16H2,(H,18,19). The predicted octanol–water partition coefficient (Wildman–Crippen LogP) is 3.00. The fourth-order valence-corrected chi connectivity index (χ4v) is 3.55. The maximum Gasteiger partial charge on any atom is 0.227 e. The lowest BCUT2D eigenvalue weighted by molar-refractivity contribution is -0.121. The molecule has 5 heteroatoms. The molecule has 1 heterocycles. The summed E-state index contributed by atoms with van der Waals surface area (Å²) in [5.41, 5.74) is 9.36. The summed E-state index contributed by atoms with van der Waals surface area (Å²) in [4.78, 5) is 16.5. The SMILES string of the molecule is NCC1CCC(C(=O)Nc2ccc3ncsc3c2)CC1. The lowest BCUT2D eigenvalue weighted by atomic mass is 9.81. The van der Waals surface area contributed by atoms with Crippen molar-refractivity contribution in [1.82, 2.24) is 4.98 Å². The lowest BCUT2D eigenvalue weighted by Gasteiger charge is -2.26. The summed E-state index contributed by atoms with van der Waals surface area (Å²) in [6.45, 7) is 0.746. The second kappa shape index (κ2) is 5.89. The van der Waals surface area contributed by atoms with Crippen LogP contribution in [0.4, 0.5) is 5.69 Å². The molecule has 2 aromatic rings. The Bertz CT molecular complexity index is 602. The quantitative estimate of drug-likeness (QED) is 0.912. The Kier molecular flexibility index (Phi) is 3.98. The Hall–Kier alpha value is -1.46. The van der Waals surface area contributed by atoms with Crippen molar-refractivity contribution in [2.24, 2.45) is 17.6 Å². The van der Waals surface area contributed by atoms with Crippen LogP contribution in [-0.2, 0) is 4.79 Å². The average molecular weight is 289 g/mol. The molecule has 1 aliphatic rings. The van der Waals surface area contributed by atoms with Crippen molar-refractivity contribution in [3.8, 4) is 0 Å². The van der Waals surface area contributed by atoms with Gasteiger partial charge in [-0.25, -0.2) is 4.98 Å². The van der Waals surface area contributed by atoms with Crippen LogP contribution >= 0.6 is 11.3 Å². The van der Waals surface area contributed by atoms with Crippen molar-refractivity contribution in [3.63, 3.8) is 0 Å². The summed E-state index contributed by atoms with van der Waals surface area (Å²) in [5, 5.41) is 3.04. The first-order chi connectivity index (χ1) is 9.76. The molecule has 20 heavy (non-hydrogen) atoms. The maximum atomic E-state index is 12.3. The Morgan fingerprint density at radius 1 is 1.35 bits per heavy atom. The summed E-state index contributed by atoms with van der Waals surface area (Å²) in [5.74, 6) is 0.881. The van der Waals surface area contributed by atoms with Crippen LogP contribution in [0.1, 0.15) is 25.7 Å². The number of fused-ring (bicyclic) bond motifs is 1. The van der Waals surface area contributed by atoms with Crippen LogP contribution in [0.15, 0.2) is 23.7 Å². The molecule has 0 bridgehead atoms. The molecule has 0 spiro atoms. The molecule has 0 radical (unpaired) electrons. The molecule has 1 fully saturated rings. The number of aromatic nitrogens is 1. The molecule has 1 aromatic heterocycles. The smallest absolute Gasteiger partial charge is 0.227 e. The van der Waals surface area contributed by atoms with E-state index in [9.17, 15) is 4.79 Å². The van der Waals surface area contributed by atoms with E-state index in [1.165, 1.54) is 0 Å². The van der Waals surface area contributed by atoms with Gasteiger partial charge in [-0.15, -0.1) is 11.3 Å². The highest BCUT2D eigenvalue weighted by Crippen LogP contribution is 2.29. The van der Waals surface area contributed by atoms with Crippen molar-refractivity contribution in [2.45, 2.75) is 25.7 Å². The number of hydrogen-bond donors (Lipinski definition) is 2. The van der Waals surface area contributed by atoms with Gasteiger partial charge in [0.25, 0.3) is 0 Å². The normalized spacial score (nSPS) is 22.9. The van der Waals surface area contributed by atoms with E-state index in [1.807, 2.05) is 23.7 Å². The van der Waals surface area contributed by atoms with Crippen molar-refractivity contribution in [2.75, 3.05) is 11.9 Å². The van der Waals surface area contributed by atoms with Gasteiger partial charge in [0.05, 0.1) is 15.7 Å². The number of nitrogens with two attached hydrogens (primary N) is 1. The van der Waals surface area contributed by atoms with Gasteiger partial charge in [-0.1, -0.05) is 0 Å². The molecular weight excluding hydrogens is 270 g/mol. The highest BCUT2D eigenvalue weighted by Gasteiger charge is 2.25.